The summed E-state index contributed by atoms with van der Waals surface area (Å²) in [6.45, 7) is -0.126. The fourth-order valence-corrected chi connectivity index (χ4v) is 1.62. The lowest BCUT2D eigenvalue weighted by molar-refractivity contribution is -0.140. The quantitative estimate of drug-likeness (QED) is 0.441. The fraction of sp³-hybridized carbons (Fsp3) is 0.357. The summed E-state index contributed by atoms with van der Waals surface area (Å²) >= 11 is 5.74. The standard InChI is InChI=1S/C14H17ClN2O5/c1-21-13(19)3-2-6-17-12(18)8-22-14(20)9-4-5-10(15)11(16)7-9/h4-5,7H,2-3,6,8,16H2,1H3,(H,17,18). The average molecular weight is 329 g/mol. The van der Waals surface area contributed by atoms with Crippen LogP contribution in [-0.4, -0.2) is 38.1 Å². The Kier molecular flexibility index (Phi) is 7.18. The maximum atomic E-state index is 11.7. The van der Waals surface area contributed by atoms with Gasteiger partial charge in [-0.3, -0.25) is 9.59 Å². The number of amides is 1. The second kappa shape index (κ2) is 8.89. The van der Waals surface area contributed by atoms with Gasteiger partial charge in [-0.2, -0.15) is 0 Å². The minimum absolute atomic E-state index is 0.209. The van der Waals surface area contributed by atoms with Crippen LogP contribution in [0.15, 0.2) is 18.2 Å². The summed E-state index contributed by atoms with van der Waals surface area (Å²) in [5, 5.41) is 2.85. The summed E-state index contributed by atoms with van der Waals surface area (Å²) in [5.74, 6) is -1.48. The van der Waals surface area contributed by atoms with E-state index in [1.807, 2.05) is 0 Å². The fourth-order valence-electron chi connectivity index (χ4n) is 1.50. The van der Waals surface area contributed by atoms with E-state index in [-0.39, 0.29) is 23.6 Å². The molecule has 7 nitrogen and oxygen atoms in total. The highest BCUT2D eigenvalue weighted by atomic mass is 35.5. The molecule has 0 aliphatic heterocycles. The number of ether oxygens (including phenoxy) is 2. The Labute approximate surface area is 132 Å². The lowest BCUT2D eigenvalue weighted by Gasteiger charge is -2.07. The Hall–Kier alpha value is -2.28. The van der Waals surface area contributed by atoms with Crippen molar-refractivity contribution in [1.82, 2.24) is 5.32 Å². The summed E-state index contributed by atoms with van der Waals surface area (Å²) in [4.78, 5) is 34.0. The molecular formula is C14H17ClN2O5. The van der Waals surface area contributed by atoms with Crippen LogP contribution in [0.5, 0.6) is 0 Å². The number of nitrogen functional groups attached to an aromatic ring is 1. The smallest absolute Gasteiger partial charge is 0.338 e. The molecule has 0 saturated carbocycles. The Morgan fingerprint density at radius 1 is 1.32 bits per heavy atom. The van der Waals surface area contributed by atoms with Gasteiger partial charge in [-0.25, -0.2) is 4.79 Å². The highest BCUT2D eigenvalue weighted by Gasteiger charge is 2.11. The van der Waals surface area contributed by atoms with Crippen molar-refractivity contribution in [1.29, 1.82) is 0 Å². The molecule has 0 aromatic heterocycles. The number of rotatable bonds is 7. The average Bonchev–Trinajstić information content (AvgIpc) is 2.51. The number of carbonyl (C=O) groups excluding carboxylic acids is 3. The monoisotopic (exact) mass is 328 g/mol. The third-order valence-electron chi connectivity index (χ3n) is 2.67. The van der Waals surface area contributed by atoms with Crippen molar-refractivity contribution in [2.24, 2.45) is 0 Å². The third-order valence-corrected chi connectivity index (χ3v) is 3.02. The number of hydrogen-bond donors (Lipinski definition) is 2. The molecule has 120 valence electrons. The molecule has 1 aromatic carbocycles. The molecular weight excluding hydrogens is 312 g/mol. The normalized spacial score (nSPS) is 9.91. The van der Waals surface area contributed by atoms with Gasteiger partial charge in [-0.05, 0) is 24.6 Å². The molecule has 0 bridgehead atoms. The minimum Gasteiger partial charge on any atom is -0.469 e. The van der Waals surface area contributed by atoms with Gasteiger partial charge in [0.2, 0.25) is 0 Å². The van der Waals surface area contributed by atoms with Gasteiger partial charge in [0, 0.05) is 13.0 Å². The second-order valence-electron chi connectivity index (χ2n) is 4.34. The van der Waals surface area contributed by atoms with Gasteiger partial charge in [0.1, 0.15) is 0 Å². The number of hydrogen-bond acceptors (Lipinski definition) is 6. The molecule has 1 aromatic rings. The SMILES string of the molecule is COC(=O)CCCNC(=O)COC(=O)c1ccc(Cl)c(N)c1. The first kappa shape index (κ1) is 17.8. The highest BCUT2D eigenvalue weighted by molar-refractivity contribution is 6.33. The topological polar surface area (TPSA) is 108 Å². The second-order valence-corrected chi connectivity index (χ2v) is 4.75. The number of benzene rings is 1. The maximum Gasteiger partial charge on any atom is 0.338 e. The molecule has 0 atom stereocenters. The largest absolute Gasteiger partial charge is 0.469 e. The molecule has 0 unspecified atom stereocenters. The number of nitrogens with two attached hydrogens (primary N) is 1. The van der Waals surface area contributed by atoms with Gasteiger partial charge in [0.15, 0.2) is 6.61 Å². The number of halogens is 1. The van der Waals surface area contributed by atoms with E-state index in [4.69, 9.17) is 22.1 Å². The molecule has 0 heterocycles. The molecule has 0 radical (unpaired) electrons. The first-order valence-electron chi connectivity index (χ1n) is 6.49. The van der Waals surface area contributed by atoms with E-state index in [1.54, 1.807) is 0 Å². The van der Waals surface area contributed by atoms with E-state index < -0.39 is 18.5 Å². The maximum absolute atomic E-state index is 11.7. The van der Waals surface area contributed by atoms with Gasteiger partial charge in [-0.1, -0.05) is 11.6 Å². The third kappa shape index (κ3) is 6.01. The molecule has 0 fully saturated rings. The van der Waals surface area contributed by atoms with Gasteiger partial charge >= 0.3 is 11.9 Å². The van der Waals surface area contributed by atoms with Crippen molar-refractivity contribution in [3.8, 4) is 0 Å². The Morgan fingerprint density at radius 2 is 2.05 bits per heavy atom. The molecule has 1 rings (SSSR count). The lowest BCUT2D eigenvalue weighted by atomic mass is 10.2. The van der Waals surface area contributed by atoms with Crippen molar-refractivity contribution in [2.75, 3.05) is 26.0 Å². The van der Waals surface area contributed by atoms with Crippen LogP contribution in [0.1, 0.15) is 23.2 Å². The van der Waals surface area contributed by atoms with Crippen LogP contribution in [0.2, 0.25) is 5.02 Å². The molecule has 1 amide bonds. The van der Waals surface area contributed by atoms with E-state index in [2.05, 4.69) is 10.1 Å². The van der Waals surface area contributed by atoms with Gasteiger partial charge in [-0.15, -0.1) is 0 Å². The Morgan fingerprint density at radius 3 is 2.68 bits per heavy atom. The van der Waals surface area contributed by atoms with Crippen LogP contribution in [-0.2, 0) is 19.1 Å². The van der Waals surface area contributed by atoms with Crippen molar-refractivity contribution in [3.63, 3.8) is 0 Å². The van der Waals surface area contributed by atoms with Crippen LogP contribution >= 0.6 is 11.6 Å². The summed E-state index contributed by atoms with van der Waals surface area (Å²) in [7, 11) is 1.30. The summed E-state index contributed by atoms with van der Waals surface area (Å²) in [6.07, 6.45) is 0.653. The molecule has 22 heavy (non-hydrogen) atoms. The highest BCUT2D eigenvalue weighted by Crippen LogP contribution is 2.19. The van der Waals surface area contributed by atoms with Crippen LogP contribution in [0.4, 0.5) is 5.69 Å². The van der Waals surface area contributed by atoms with Gasteiger partial charge in [0.25, 0.3) is 5.91 Å². The molecule has 8 heteroatoms. The van der Waals surface area contributed by atoms with Gasteiger partial charge in [0.05, 0.1) is 23.4 Å². The Bertz CT molecular complexity index is 562. The molecule has 0 saturated heterocycles. The zero-order chi connectivity index (χ0) is 16.5. The van der Waals surface area contributed by atoms with E-state index in [0.717, 1.165) is 0 Å². The number of nitrogens with one attached hydrogen (secondary N) is 1. The van der Waals surface area contributed by atoms with E-state index in [1.165, 1.54) is 25.3 Å². The Balaban J connectivity index is 2.30. The van der Waals surface area contributed by atoms with Crippen LogP contribution in [0, 0.1) is 0 Å². The number of esters is 2. The summed E-state index contributed by atoms with van der Waals surface area (Å²) in [5.41, 5.74) is 6.04. The molecule has 3 N–H and O–H groups in total. The minimum atomic E-state index is -0.673. The van der Waals surface area contributed by atoms with Crippen LogP contribution < -0.4 is 11.1 Å². The number of carbonyl (C=O) groups is 3. The predicted molar refractivity (Wildman–Crippen MR) is 80.4 cm³/mol. The first-order chi connectivity index (χ1) is 10.4. The van der Waals surface area contributed by atoms with Crippen LogP contribution in [0.3, 0.4) is 0 Å². The summed E-state index contributed by atoms with van der Waals surface area (Å²) in [6, 6.07) is 4.30. The zero-order valence-electron chi connectivity index (χ0n) is 12.1. The number of methoxy groups -OCH3 is 1. The van der Waals surface area contributed by atoms with Crippen LogP contribution in [0.25, 0.3) is 0 Å². The predicted octanol–water partition coefficient (Wildman–Crippen LogP) is 1.15. The first-order valence-corrected chi connectivity index (χ1v) is 6.87. The van der Waals surface area contributed by atoms with E-state index in [9.17, 15) is 14.4 Å². The molecule has 0 aliphatic carbocycles. The van der Waals surface area contributed by atoms with Crippen molar-refractivity contribution in [3.05, 3.63) is 28.8 Å². The van der Waals surface area contributed by atoms with E-state index >= 15 is 0 Å². The lowest BCUT2D eigenvalue weighted by Crippen LogP contribution is -2.29. The van der Waals surface area contributed by atoms with Crippen molar-refractivity contribution < 1.29 is 23.9 Å². The molecule has 0 aliphatic rings. The molecule has 0 spiro atoms. The van der Waals surface area contributed by atoms with Crippen molar-refractivity contribution >= 4 is 35.1 Å². The number of anilines is 1. The zero-order valence-corrected chi connectivity index (χ0v) is 12.8. The summed E-state index contributed by atoms with van der Waals surface area (Å²) < 4.78 is 9.31. The van der Waals surface area contributed by atoms with Crippen molar-refractivity contribution in [2.45, 2.75) is 12.8 Å². The van der Waals surface area contributed by atoms with E-state index in [0.29, 0.717) is 18.0 Å². The van der Waals surface area contributed by atoms with Gasteiger partial charge < -0.3 is 20.5 Å².